The van der Waals surface area contributed by atoms with E-state index in [0.717, 1.165) is 10.7 Å². The van der Waals surface area contributed by atoms with Gasteiger partial charge in [0, 0.05) is 42.9 Å². The third-order valence-electron chi connectivity index (χ3n) is 6.13. The van der Waals surface area contributed by atoms with Crippen molar-refractivity contribution in [2.24, 2.45) is 0 Å². The van der Waals surface area contributed by atoms with Gasteiger partial charge in [-0.3, -0.25) is 14.3 Å². The molecule has 2 aliphatic heterocycles. The summed E-state index contributed by atoms with van der Waals surface area (Å²) in [7, 11) is 0. The van der Waals surface area contributed by atoms with Gasteiger partial charge in [-0.15, -0.1) is 0 Å². The molecule has 196 valence electrons. The zero-order valence-electron chi connectivity index (χ0n) is 19.2. The van der Waals surface area contributed by atoms with E-state index in [-0.39, 0.29) is 41.6 Å². The number of rotatable bonds is 7. The second kappa shape index (κ2) is 9.57. The minimum absolute atomic E-state index is 0.0414. The topological polar surface area (TPSA) is 101 Å². The molecule has 0 unspecified atom stereocenters. The molecule has 0 saturated carbocycles. The van der Waals surface area contributed by atoms with Crippen LogP contribution in [0.3, 0.4) is 0 Å². The summed E-state index contributed by atoms with van der Waals surface area (Å²) < 4.78 is 72.0. The average Bonchev–Trinajstić information content (AvgIpc) is 3.11. The van der Waals surface area contributed by atoms with Gasteiger partial charge < -0.3 is 20.3 Å². The fraction of sp³-hybridized carbons (Fsp3) is 0.391. The first-order valence-corrected chi connectivity index (χ1v) is 11.4. The minimum Gasteiger partial charge on any atom is -0.377 e. The van der Waals surface area contributed by atoms with Crippen molar-refractivity contribution in [2.45, 2.75) is 24.7 Å². The predicted octanol–water partition coefficient (Wildman–Crippen LogP) is 2.44. The van der Waals surface area contributed by atoms with Crippen molar-refractivity contribution >= 4 is 28.5 Å². The van der Waals surface area contributed by atoms with E-state index in [1.54, 1.807) is 17.4 Å². The van der Waals surface area contributed by atoms with E-state index in [4.69, 9.17) is 4.74 Å². The Hall–Kier alpha value is -3.81. The van der Waals surface area contributed by atoms with Gasteiger partial charge >= 0.3 is 6.18 Å². The molecule has 0 spiro atoms. The van der Waals surface area contributed by atoms with Crippen LogP contribution >= 0.6 is 0 Å². The number of pyridine rings is 1. The Kier molecular flexibility index (Phi) is 6.43. The van der Waals surface area contributed by atoms with Crippen LogP contribution < -0.4 is 10.6 Å². The summed E-state index contributed by atoms with van der Waals surface area (Å²) in [5.74, 6) is -3.01. The lowest BCUT2D eigenvalue weighted by atomic mass is 9.93. The maximum atomic E-state index is 14.7. The van der Waals surface area contributed by atoms with Crippen molar-refractivity contribution in [3.05, 3.63) is 53.4 Å². The van der Waals surface area contributed by atoms with E-state index in [2.05, 4.69) is 15.4 Å². The molecule has 2 fully saturated rings. The summed E-state index contributed by atoms with van der Waals surface area (Å²) in [6.45, 7) is -0.727. The summed E-state index contributed by atoms with van der Waals surface area (Å²) >= 11 is 0. The molecule has 2 saturated heterocycles. The SMILES string of the molecule is O=C(Cn1nc(C2CN(C(=O)c3ccnc(NC4COC4)c3)C2)c2c(F)cc(F)cc21)NCC(F)(F)F. The van der Waals surface area contributed by atoms with Gasteiger partial charge in [0.1, 0.15) is 30.5 Å². The molecule has 5 rings (SSSR count). The highest BCUT2D eigenvalue weighted by Gasteiger charge is 2.36. The van der Waals surface area contributed by atoms with Crippen molar-refractivity contribution in [3.63, 3.8) is 0 Å². The third kappa shape index (κ3) is 5.33. The average molecular weight is 524 g/mol. The standard InChI is InChI=1S/C23H21F5N6O3/c24-14-4-16(25)20-17(5-14)34(8-19(35)30-11-23(26,27)28)32-21(20)13-6-33(7-13)22(36)12-1-2-29-18(3-12)31-15-9-37-10-15/h1-5,13,15H,6-11H2,(H,29,31)(H,30,35). The van der Waals surface area contributed by atoms with Gasteiger partial charge in [0.15, 0.2) is 0 Å². The number of nitrogens with one attached hydrogen (secondary N) is 2. The van der Waals surface area contributed by atoms with Gasteiger partial charge in [0.2, 0.25) is 5.91 Å². The Morgan fingerprint density at radius 3 is 2.57 bits per heavy atom. The zero-order chi connectivity index (χ0) is 26.3. The van der Waals surface area contributed by atoms with Crippen LogP contribution in [0.4, 0.5) is 27.8 Å². The number of benzene rings is 1. The van der Waals surface area contributed by atoms with E-state index < -0.39 is 42.7 Å². The van der Waals surface area contributed by atoms with E-state index in [1.807, 2.05) is 0 Å². The molecule has 2 N–H and O–H groups in total. The summed E-state index contributed by atoms with van der Waals surface area (Å²) in [5, 5.41) is 9.06. The summed E-state index contributed by atoms with van der Waals surface area (Å²) in [5.41, 5.74) is 0.535. The van der Waals surface area contributed by atoms with E-state index in [1.165, 1.54) is 11.1 Å². The molecule has 2 aromatic heterocycles. The number of nitrogens with zero attached hydrogens (tertiary/aromatic N) is 4. The molecule has 3 aromatic rings. The van der Waals surface area contributed by atoms with Crippen LogP contribution in [0, 0.1) is 11.6 Å². The van der Waals surface area contributed by atoms with Crippen LogP contribution in [0.25, 0.3) is 10.9 Å². The van der Waals surface area contributed by atoms with Gasteiger partial charge in [-0.25, -0.2) is 13.8 Å². The number of anilines is 1. The van der Waals surface area contributed by atoms with Crippen molar-refractivity contribution in [1.29, 1.82) is 0 Å². The highest BCUT2D eigenvalue weighted by atomic mass is 19.4. The number of hydrogen-bond donors (Lipinski definition) is 2. The molecule has 4 heterocycles. The number of ether oxygens (including phenoxy) is 1. The Morgan fingerprint density at radius 2 is 1.89 bits per heavy atom. The van der Waals surface area contributed by atoms with Gasteiger partial charge in [0.25, 0.3) is 5.91 Å². The van der Waals surface area contributed by atoms with E-state index in [9.17, 15) is 31.5 Å². The van der Waals surface area contributed by atoms with Crippen molar-refractivity contribution in [2.75, 3.05) is 38.2 Å². The van der Waals surface area contributed by atoms with Crippen LogP contribution in [0.5, 0.6) is 0 Å². The second-order valence-corrected chi connectivity index (χ2v) is 8.93. The maximum absolute atomic E-state index is 14.7. The van der Waals surface area contributed by atoms with E-state index >= 15 is 0 Å². The van der Waals surface area contributed by atoms with Crippen molar-refractivity contribution in [1.82, 2.24) is 25.0 Å². The number of likely N-dealkylation sites (tertiary alicyclic amines) is 1. The molecular formula is C23H21F5N6O3. The Bertz CT molecular complexity index is 1350. The highest BCUT2D eigenvalue weighted by molar-refractivity contribution is 5.95. The largest absolute Gasteiger partial charge is 0.405 e. The molecule has 37 heavy (non-hydrogen) atoms. The molecule has 9 nitrogen and oxygen atoms in total. The maximum Gasteiger partial charge on any atom is 0.405 e. The van der Waals surface area contributed by atoms with Crippen molar-refractivity contribution < 1.29 is 36.3 Å². The number of amides is 2. The molecule has 14 heteroatoms. The molecule has 0 aliphatic carbocycles. The van der Waals surface area contributed by atoms with Crippen LogP contribution in [0.2, 0.25) is 0 Å². The number of halogens is 5. The molecule has 2 aliphatic rings. The van der Waals surface area contributed by atoms with Crippen LogP contribution in [0.1, 0.15) is 22.0 Å². The molecule has 0 atom stereocenters. The summed E-state index contributed by atoms with van der Waals surface area (Å²) in [6.07, 6.45) is -3.10. The predicted molar refractivity (Wildman–Crippen MR) is 120 cm³/mol. The lowest BCUT2D eigenvalue weighted by Crippen LogP contribution is -2.48. The van der Waals surface area contributed by atoms with Gasteiger partial charge in [-0.1, -0.05) is 0 Å². The van der Waals surface area contributed by atoms with Crippen molar-refractivity contribution in [3.8, 4) is 0 Å². The third-order valence-corrected chi connectivity index (χ3v) is 6.13. The monoisotopic (exact) mass is 524 g/mol. The number of alkyl halides is 3. The Balaban J connectivity index is 1.31. The fourth-order valence-electron chi connectivity index (χ4n) is 4.22. The summed E-state index contributed by atoms with van der Waals surface area (Å²) in [4.78, 5) is 30.7. The van der Waals surface area contributed by atoms with Gasteiger partial charge in [0.05, 0.1) is 35.9 Å². The smallest absolute Gasteiger partial charge is 0.377 e. The number of carbonyl (C=O) groups is 2. The Labute approximate surface area is 206 Å². The fourth-order valence-corrected chi connectivity index (χ4v) is 4.22. The van der Waals surface area contributed by atoms with Gasteiger partial charge in [-0.2, -0.15) is 18.3 Å². The number of hydrogen-bond acceptors (Lipinski definition) is 6. The van der Waals surface area contributed by atoms with Crippen LogP contribution in [0.15, 0.2) is 30.5 Å². The van der Waals surface area contributed by atoms with E-state index in [0.29, 0.717) is 30.7 Å². The van der Waals surface area contributed by atoms with Crippen LogP contribution in [-0.2, 0) is 16.1 Å². The molecular weight excluding hydrogens is 503 g/mol. The zero-order valence-corrected chi connectivity index (χ0v) is 19.2. The normalized spacial score (nSPS) is 16.4. The van der Waals surface area contributed by atoms with Crippen LogP contribution in [-0.4, -0.2) is 76.5 Å². The number of carbonyl (C=O) groups excluding carboxylic acids is 2. The molecule has 2 amide bonds. The first kappa shape index (κ1) is 24.9. The molecule has 1 aromatic carbocycles. The first-order valence-electron chi connectivity index (χ1n) is 11.4. The number of fused-ring (bicyclic) bond motifs is 1. The lowest BCUT2D eigenvalue weighted by molar-refractivity contribution is -0.138. The first-order chi connectivity index (χ1) is 17.6. The highest BCUT2D eigenvalue weighted by Crippen LogP contribution is 2.34. The lowest BCUT2D eigenvalue weighted by Gasteiger charge is -2.38. The molecule has 0 bridgehead atoms. The second-order valence-electron chi connectivity index (χ2n) is 8.93. The summed E-state index contributed by atoms with van der Waals surface area (Å²) in [6, 6.07) is 4.96. The quantitative estimate of drug-likeness (QED) is 0.461. The molecule has 0 radical (unpaired) electrons. The minimum atomic E-state index is -4.61. The Morgan fingerprint density at radius 1 is 1.14 bits per heavy atom. The number of aromatic nitrogens is 3. The van der Waals surface area contributed by atoms with Gasteiger partial charge in [-0.05, 0) is 12.1 Å².